The molecule has 0 saturated carbocycles. The number of sulfonamides is 1. The fraction of sp³-hybridized carbons (Fsp3) is 0.333. The highest BCUT2D eigenvalue weighted by Crippen LogP contribution is 2.26. The van der Waals surface area contributed by atoms with Crippen molar-refractivity contribution in [2.24, 2.45) is 0 Å². The Labute approximate surface area is 153 Å². The lowest BCUT2D eigenvalue weighted by molar-refractivity contribution is -0.384. The van der Waals surface area contributed by atoms with Crippen LogP contribution in [0, 0.1) is 17.0 Å². The Kier molecular flexibility index (Phi) is 4.97. The normalized spacial score (nSPS) is 18.7. The summed E-state index contributed by atoms with van der Waals surface area (Å²) in [6, 6.07) is 13.0. The fourth-order valence-corrected chi connectivity index (χ4v) is 4.78. The van der Waals surface area contributed by atoms with Crippen LogP contribution in [0.15, 0.2) is 53.4 Å². The predicted molar refractivity (Wildman–Crippen MR) is 99.8 cm³/mol. The van der Waals surface area contributed by atoms with Crippen LogP contribution in [0.5, 0.6) is 0 Å². The summed E-state index contributed by atoms with van der Waals surface area (Å²) >= 11 is 0. The van der Waals surface area contributed by atoms with Gasteiger partial charge < -0.3 is 4.90 Å². The summed E-state index contributed by atoms with van der Waals surface area (Å²) in [5, 5.41) is 10.8. The molecule has 1 heterocycles. The highest BCUT2D eigenvalue weighted by molar-refractivity contribution is 7.89. The van der Waals surface area contributed by atoms with Gasteiger partial charge in [0.2, 0.25) is 10.0 Å². The maximum Gasteiger partial charge on any atom is 0.269 e. The van der Waals surface area contributed by atoms with Crippen molar-refractivity contribution in [1.82, 2.24) is 4.31 Å². The average Bonchev–Trinajstić information content (AvgIpc) is 2.62. The molecule has 1 fully saturated rings. The molecule has 0 aromatic heterocycles. The molecule has 1 aliphatic heterocycles. The highest BCUT2D eigenvalue weighted by Gasteiger charge is 2.33. The first kappa shape index (κ1) is 18.3. The number of non-ortho nitro benzene ring substituents is 1. The number of nitro benzene ring substituents is 1. The number of nitro groups is 1. The zero-order chi connectivity index (χ0) is 18.9. The van der Waals surface area contributed by atoms with Crippen molar-refractivity contribution in [3.05, 3.63) is 64.2 Å². The second kappa shape index (κ2) is 7.05. The monoisotopic (exact) mass is 375 g/mol. The molecule has 0 aliphatic carbocycles. The minimum Gasteiger partial charge on any atom is -0.369 e. The van der Waals surface area contributed by atoms with Crippen LogP contribution < -0.4 is 4.90 Å². The maximum absolute atomic E-state index is 12.9. The predicted octanol–water partition coefficient (Wildman–Crippen LogP) is 2.80. The van der Waals surface area contributed by atoms with Crippen molar-refractivity contribution in [3.8, 4) is 0 Å². The standard InChI is InChI=1S/C18H21N3O4S/c1-14-3-9-18(10-4-14)26(24,25)20-12-11-19(13-15(20)2)16-5-7-17(8-6-16)21(22)23/h3-10,15H,11-13H2,1-2H3. The molecule has 1 saturated heterocycles. The number of aryl methyl sites for hydroxylation is 1. The minimum atomic E-state index is -3.53. The molecule has 8 heteroatoms. The van der Waals surface area contributed by atoms with E-state index in [1.807, 2.05) is 13.8 Å². The molecule has 0 amide bonds. The van der Waals surface area contributed by atoms with E-state index in [1.54, 1.807) is 36.4 Å². The van der Waals surface area contributed by atoms with Gasteiger partial charge in [-0.1, -0.05) is 17.7 Å². The van der Waals surface area contributed by atoms with Crippen molar-refractivity contribution in [2.45, 2.75) is 24.8 Å². The number of anilines is 1. The van der Waals surface area contributed by atoms with Crippen LogP contribution in [0.3, 0.4) is 0 Å². The largest absolute Gasteiger partial charge is 0.369 e. The first-order chi connectivity index (χ1) is 12.3. The summed E-state index contributed by atoms with van der Waals surface area (Å²) in [5.41, 5.74) is 1.91. The molecule has 0 spiro atoms. The van der Waals surface area contributed by atoms with Crippen molar-refractivity contribution in [3.63, 3.8) is 0 Å². The van der Waals surface area contributed by atoms with Crippen LogP contribution in [0.1, 0.15) is 12.5 Å². The molecule has 3 rings (SSSR count). The third-order valence-corrected chi connectivity index (χ3v) is 6.65. The maximum atomic E-state index is 12.9. The lowest BCUT2D eigenvalue weighted by Gasteiger charge is -2.40. The van der Waals surface area contributed by atoms with Gasteiger partial charge in [-0.25, -0.2) is 8.42 Å². The van der Waals surface area contributed by atoms with Crippen molar-refractivity contribution in [2.75, 3.05) is 24.5 Å². The van der Waals surface area contributed by atoms with Gasteiger partial charge in [-0.15, -0.1) is 0 Å². The van der Waals surface area contributed by atoms with Crippen LogP contribution >= 0.6 is 0 Å². The SMILES string of the molecule is Cc1ccc(S(=O)(=O)N2CCN(c3ccc([N+](=O)[O-])cc3)CC2C)cc1. The molecular formula is C18H21N3O4S. The van der Waals surface area contributed by atoms with Gasteiger partial charge in [0.05, 0.1) is 9.82 Å². The van der Waals surface area contributed by atoms with Crippen molar-refractivity contribution in [1.29, 1.82) is 0 Å². The van der Waals surface area contributed by atoms with Gasteiger partial charge in [-0.3, -0.25) is 10.1 Å². The molecule has 1 unspecified atom stereocenters. The smallest absolute Gasteiger partial charge is 0.269 e. The van der Waals surface area contributed by atoms with Crippen molar-refractivity contribution < 1.29 is 13.3 Å². The quantitative estimate of drug-likeness (QED) is 0.606. The number of hydrogen-bond acceptors (Lipinski definition) is 5. The van der Waals surface area contributed by atoms with E-state index in [0.29, 0.717) is 24.5 Å². The third kappa shape index (κ3) is 3.56. The van der Waals surface area contributed by atoms with Gasteiger partial charge in [0.25, 0.3) is 5.69 Å². The molecule has 2 aromatic carbocycles. The second-order valence-corrected chi connectivity index (χ2v) is 8.39. The molecular weight excluding hydrogens is 354 g/mol. The Morgan fingerprint density at radius 1 is 1.04 bits per heavy atom. The van der Waals surface area contributed by atoms with Crippen LogP contribution in [0.4, 0.5) is 11.4 Å². The molecule has 1 aliphatic rings. The number of benzene rings is 2. The lowest BCUT2D eigenvalue weighted by atomic mass is 10.2. The second-order valence-electron chi connectivity index (χ2n) is 6.50. The van der Waals surface area contributed by atoms with Gasteiger partial charge in [0.15, 0.2) is 0 Å². The summed E-state index contributed by atoms with van der Waals surface area (Å²) in [4.78, 5) is 12.7. The van der Waals surface area contributed by atoms with Crippen LogP contribution in [-0.4, -0.2) is 43.3 Å². The molecule has 0 radical (unpaired) electrons. The number of piperazine rings is 1. The van der Waals surface area contributed by atoms with Crippen LogP contribution in [0.25, 0.3) is 0 Å². The Morgan fingerprint density at radius 3 is 2.19 bits per heavy atom. The molecule has 7 nitrogen and oxygen atoms in total. The van der Waals surface area contributed by atoms with E-state index in [9.17, 15) is 18.5 Å². The van der Waals surface area contributed by atoms with E-state index in [1.165, 1.54) is 16.4 Å². The van der Waals surface area contributed by atoms with Gasteiger partial charge in [0, 0.05) is 43.5 Å². The third-order valence-electron chi connectivity index (χ3n) is 4.62. The van der Waals surface area contributed by atoms with Gasteiger partial charge in [-0.05, 0) is 38.1 Å². The number of nitrogens with zero attached hydrogens (tertiary/aromatic N) is 3. The molecule has 2 aromatic rings. The summed E-state index contributed by atoms with van der Waals surface area (Å²) in [6.45, 7) is 5.23. The van der Waals surface area contributed by atoms with Crippen LogP contribution in [0.2, 0.25) is 0 Å². The van der Waals surface area contributed by atoms with Crippen LogP contribution in [-0.2, 0) is 10.0 Å². The summed E-state index contributed by atoms with van der Waals surface area (Å²) in [5.74, 6) is 0. The van der Waals surface area contributed by atoms with Gasteiger partial charge >= 0.3 is 0 Å². The molecule has 138 valence electrons. The van der Waals surface area contributed by atoms with Gasteiger partial charge in [0.1, 0.15) is 0 Å². The zero-order valence-electron chi connectivity index (χ0n) is 14.7. The van der Waals surface area contributed by atoms with E-state index < -0.39 is 14.9 Å². The topological polar surface area (TPSA) is 83.8 Å². The van der Waals surface area contributed by atoms with E-state index in [4.69, 9.17) is 0 Å². The van der Waals surface area contributed by atoms with E-state index in [2.05, 4.69) is 4.90 Å². The Balaban J connectivity index is 1.75. The summed E-state index contributed by atoms with van der Waals surface area (Å²) < 4.78 is 27.3. The van der Waals surface area contributed by atoms with E-state index in [-0.39, 0.29) is 11.7 Å². The molecule has 1 atom stereocenters. The van der Waals surface area contributed by atoms with E-state index in [0.717, 1.165) is 11.3 Å². The van der Waals surface area contributed by atoms with Crippen molar-refractivity contribution >= 4 is 21.4 Å². The minimum absolute atomic E-state index is 0.0439. The molecule has 0 N–H and O–H groups in total. The Bertz CT molecular complexity index is 895. The number of hydrogen-bond donors (Lipinski definition) is 0. The average molecular weight is 375 g/mol. The van der Waals surface area contributed by atoms with E-state index >= 15 is 0 Å². The highest BCUT2D eigenvalue weighted by atomic mass is 32.2. The first-order valence-corrected chi connectivity index (χ1v) is 9.81. The molecule has 0 bridgehead atoms. The summed E-state index contributed by atoms with van der Waals surface area (Å²) in [7, 11) is -3.53. The summed E-state index contributed by atoms with van der Waals surface area (Å²) in [6.07, 6.45) is 0. The Morgan fingerprint density at radius 2 is 1.65 bits per heavy atom. The zero-order valence-corrected chi connectivity index (χ0v) is 15.5. The number of rotatable bonds is 4. The first-order valence-electron chi connectivity index (χ1n) is 8.37. The van der Waals surface area contributed by atoms with Gasteiger partial charge in [-0.2, -0.15) is 4.31 Å². The Hall–Kier alpha value is -2.45. The molecule has 26 heavy (non-hydrogen) atoms. The fourth-order valence-electron chi connectivity index (χ4n) is 3.16. The lowest BCUT2D eigenvalue weighted by Crippen LogP contribution is -2.54.